The van der Waals surface area contributed by atoms with Crippen molar-refractivity contribution in [1.82, 2.24) is 19.9 Å². The molecule has 0 spiro atoms. The third-order valence-corrected chi connectivity index (χ3v) is 4.39. The zero-order valence-electron chi connectivity index (χ0n) is 14.6. The van der Waals surface area contributed by atoms with Crippen molar-refractivity contribution in [2.45, 2.75) is 19.6 Å². The summed E-state index contributed by atoms with van der Waals surface area (Å²) < 4.78 is 10.5. The third-order valence-electron chi connectivity index (χ3n) is 4.15. The summed E-state index contributed by atoms with van der Waals surface area (Å²) in [5.74, 6) is 2.06. The molecule has 7 nitrogen and oxygen atoms in total. The van der Waals surface area contributed by atoms with Crippen LogP contribution in [0.4, 0.5) is 0 Å². The fourth-order valence-corrected chi connectivity index (χ4v) is 3.05. The molecule has 1 aliphatic heterocycles. The molecule has 1 aromatic heterocycles. The van der Waals surface area contributed by atoms with Crippen LogP contribution in [0.5, 0.6) is 5.75 Å². The van der Waals surface area contributed by atoms with Crippen LogP contribution in [0, 0.1) is 0 Å². The van der Waals surface area contributed by atoms with E-state index in [1.807, 2.05) is 18.2 Å². The van der Waals surface area contributed by atoms with E-state index in [0.29, 0.717) is 18.3 Å². The Balaban J connectivity index is 0.00000169. The fourth-order valence-electron chi connectivity index (χ4n) is 2.85. The van der Waals surface area contributed by atoms with Crippen molar-refractivity contribution in [3.05, 3.63) is 40.5 Å². The second-order valence-corrected chi connectivity index (χ2v) is 6.25. The SMILES string of the molecule is COc1ccc(Cl)cc1CN1CCN(Cc2noc(CN)n2)CC1.Cl.Cl. The second-order valence-electron chi connectivity index (χ2n) is 5.82. The third kappa shape index (κ3) is 5.97. The molecule has 26 heavy (non-hydrogen) atoms. The number of rotatable bonds is 6. The lowest BCUT2D eigenvalue weighted by molar-refractivity contribution is 0.118. The van der Waals surface area contributed by atoms with Crippen molar-refractivity contribution in [1.29, 1.82) is 0 Å². The van der Waals surface area contributed by atoms with E-state index >= 15 is 0 Å². The zero-order valence-corrected chi connectivity index (χ0v) is 16.9. The first-order chi connectivity index (χ1) is 11.7. The largest absolute Gasteiger partial charge is 0.496 e. The van der Waals surface area contributed by atoms with Gasteiger partial charge in [0.15, 0.2) is 5.82 Å². The summed E-state index contributed by atoms with van der Waals surface area (Å²) in [5, 5.41) is 4.68. The van der Waals surface area contributed by atoms with Crippen molar-refractivity contribution >= 4 is 36.4 Å². The van der Waals surface area contributed by atoms with Crippen molar-refractivity contribution in [2.24, 2.45) is 5.73 Å². The first kappa shape index (κ1) is 23.0. The van der Waals surface area contributed by atoms with Gasteiger partial charge in [0, 0.05) is 43.3 Å². The molecule has 0 unspecified atom stereocenters. The van der Waals surface area contributed by atoms with Crippen LogP contribution in [0.25, 0.3) is 0 Å². The highest BCUT2D eigenvalue weighted by atomic mass is 35.5. The summed E-state index contributed by atoms with van der Waals surface area (Å²) in [6.45, 7) is 5.65. The van der Waals surface area contributed by atoms with Crippen LogP contribution in [0.1, 0.15) is 17.3 Å². The molecular formula is C16H24Cl3N5O2. The number of benzene rings is 1. The summed E-state index contributed by atoms with van der Waals surface area (Å²) in [4.78, 5) is 8.96. The van der Waals surface area contributed by atoms with Gasteiger partial charge >= 0.3 is 0 Å². The van der Waals surface area contributed by atoms with Gasteiger partial charge in [-0.05, 0) is 18.2 Å². The molecule has 2 heterocycles. The van der Waals surface area contributed by atoms with Gasteiger partial charge in [-0.2, -0.15) is 4.98 Å². The average Bonchev–Trinajstić information content (AvgIpc) is 3.04. The molecule has 0 aliphatic carbocycles. The molecule has 10 heteroatoms. The summed E-state index contributed by atoms with van der Waals surface area (Å²) >= 11 is 6.10. The Morgan fingerprint density at radius 3 is 2.38 bits per heavy atom. The Labute approximate surface area is 170 Å². The van der Waals surface area contributed by atoms with Crippen LogP contribution < -0.4 is 10.5 Å². The van der Waals surface area contributed by atoms with Gasteiger partial charge < -0.3 is 15.0 Å². The maximum atomic E-state index is 6.10. The quantitative estimate of drug-likeness (QED) is 0.762. The van der Waals surface area contributed by atoms with E-state index < -0.39 is 0 Å². The van der Waals surface area contributed by atoms with Gasteiger partial charge in [0.05, 0.1) is 20.2 Å². The van der Waals surface area contributed by atoms with Crippen LogP contribution >= 0.6 is 36.4 Å². The molecule has 3 rings (SSSR count). The highest BCUT2D eigenvalue weighted by Crippen LogP contribution is 2.24. The minimum atomic E-state index is 0. The Bertz CT molecular complexity index is 678. The fraction of sp³-hybridized carbons (Fsp3) is 0.500. The number of aromatic nitrogens is 2. The predicted molar refractivity (Wildman–Crippen MR) is 105 cm³/mol. The van der Waals surface area contributed by atoms with E-state index in [9.17, 15) is 0 Å². The first-order valence-electron chi connectivity index (χ1n) is 7.96. The standard InChI is InChI=1S/C16H22ClN5O2.2ClH/c1-23-14-3-2-13(17)8-12(14)10-21-4-6-22(7-5-21)11-15-19-16(9-18)24-20-15;;/h2-3,8H,4-7,9-11,18H2,1H3;2*1H. The molecular weight excluding hydrogens is 401 g/mol. The number of nitrogens with zero attached hydrogens (tertiary/aromatic N) is 4. The van der Waals surface area contributed by atoms with Crippen LogP contribution in [-0.2, 0) is 19.6 Å². The van der Waals surface area contributed by atoms with E-state index in [1.54, 1.807) is 7.11 Å². The van der Waals surface area contributed by atoms with Crippen LogP contribution in [0.3, 0.4) is 0 Å². The number of hydrogen-bond donors (Lipinski definition) is 1. The highest BCUT2D eigenvalue weighted by Gasteiger charge is 2.20. The summed E-state index contributed by atoms with van der Waals surface area (Å²) in [6, 6.07) is 5.74. The molecule has 1 aromatic carbocycles. The summed E-state index contributed by atoms with van der Waals surface area (Å²) in [5.41, 5.74) is 6.60. The van der Waals surface area contributed by atoms with Gasteiger partial charge in [-0.15, -0.1) is 24.8 Å². The number of ether oxygens (including phenoxy) is 1. The maximum absolute atomic E-state index is 6.10. The molecule has 1 aliphatic rings. The Hall–Kier alpha value is -1.09. The van der Waals surface area contributed by atoms with E-state index in [2.05, 4.69) is 19.9 Å². The number of methoxy groups -OCH3 is 1. The van der Waals surface area contributed by atoms with Crippen molar-refractivity contribution in [2.75, 3.05) is 33.3 Å². The number of nitrogens with two attached hydrogens (primary N) is 1. The normalized spacial score (nSPS) is 15.2. The maximum Gasteiger partial charge on any atom is 0.240 e. The molecule has 1 fully saturated rings. The summed E-state index contributed by atoms with van der Waals surface area (Å²) in [6.07, 6.45) is 0. The lowest BCUT2D eigenvalue weighted by Gasteiger charge is -2.34. The van der Waals surface area contributed by atoms with Crippen LogP contribution in [-0.4, -0.2) is 53.2 Å². The number of hydrogen-bond acceptors (Lipinski definition) is 7. The average molecular weight is 425 g/mol. The van der Waals surface area contributed by atoms with Gasteiger partial charge in [0.25, 0.3) is 0 Å². The number of piperazine rings is 1. The van der Waals surface area contributed by atoms with Crippen molar-refractivity contribution < 1.29 is 9.26 Å². The molecule has 0 radical (unpaired) electrons. The topological polar surface area (TPSA) is 80.7 Å². The minimum absolute atomic E-state index is 0. The predicted octanol–water partition coefficient (Wildman–Crippen LogP) is 2.35. The first-order valence-corrected chi connectivity index (χ1v) is 8.34. The molecule has 0 saturated carbocycles. The highest BCUT2D eigenvalue weighted by molar-refractivity contribution is 6.30. The second kappa shape index (κ2) is 10.9. The lowest BCUT2D eigenvalue weighted by atomic mass is 10.1. The lowest BCUT2D eigenvalue weighted by Crippen LogP contribution is -2.45. The zero-order chi connectivity index (χ0) is 16.9. The minimum Gasteiger partial charge on any atom is -0.496 e. The van der Waals surface area contributed by atoms with Crippen molar-refractivity contribution in [3.63, 3.8) is 0 Å². The molecule has 146 valence electrons. The van der Waals surface area contributed by atoms with E-state index in [0.717, 1.165) is 49.1 Å². The van der Waals surface area contributed by atoms with E-state index in [-0.39, 0.29) is 31.4 Å². The van der Waals surface area contributed by atoms with E-state index in [1.165, 1.54) is 0 Å². The van der Waals surface area contributed by atoms with Gasteiger partial charge in [-0.25, -0.2) is 0 Å². The van der Waals surface area contributed by atoms with E-state index in [4.69, 9.17) is 26.6 Å². The Kier molecular flexibility index (Phi) is 9.63. The van der Waals surface area contributed by atoms with Gasteiger partial charge in [0.1, 0.15) is 5.75 Å². The molecule has 0 atom stereocenters. The molecule has 0 amide bonds. The van der Waals surface area contributed by atoms with Crippen LogP contribution in [0.15, 0.2) is 22.7 Å². The van der Waals surface area contributed by atoms with Gasteiger partial charge in [-0.1, -0.05) is 16.8 Å². The molecule has 2 aromatic rings. The Morgan fingerprint density at radius 2 is 1.81 bits per heavy atom. The van der Waals surface area contributed by atoms with Gasteiger partial charge in [-0.3, -0.25) is 9.80 Å². The number of halogens is 3. The van der Waals surface area contributed by atoms with Gasteiger partial charge in [0.2, 0.25) is 5.89 Å². The molecule has 2 N–H and O–H groups in total. The monoisotopic (exact) mass is 423 g/mol. The van der Waals surface area contributed by atoms with Crippen molar-refractivity contribution in [3.8, 4) is 5.75 Å². The molecule has 1 saturated heterocycles. The molecule has 0 bridgehead atoms. The Morgan fingerprint density at radius 1 is 1.15 bits per heavy atom. The summed E-state index contributed by atoms with van der Waals surface area (Å²) in [7, 11) is 1.69. The smallest absolute Gasteiger partial charge is 0.240 e. The van der Waals surface area contributed by atoms with Crippen LogP contribution in [0.2, 0.25) is 5.02 Å².